The molecule has 1 amide bonds. The summed E-state index contributed by atoms with van der Waals surface area (Å²) < 4.78 is 31.8. The molecule has 1 aromatic carbocycles. The minimum Gasteiger partial charge on any atom is -0.385 e. The van der Waals surface area contributed by atoms with Crippen LogP contribution in [0.15, 0.2) is 29.2 Å². The molecule has 7 nitrogen and oxygen atoms in total. The summed E-state index contributed by atoms with van der Waals surface area (Å²) >= 11 is 0. The van der Waals surface area contributed by atoms with E-state index in [0.29, 0.717) is 18.7 Å². The molecule has 8 heteroatoms. The number of amides is 1. The van der Waals surface area contributed by atoms with Crippen LogP contribution in [0.1, 0.15) is 25.7 Å². The van der Waals surface area contributed by atoms with E-state index in [9.17, 15) is 13.2 Å². The van der Waals surface area contributed by atoms with Gasteiger partial charge in [-0.3, -0.25) is 4.79 Å². The molecule has 4 N–H and O–H groups in total. The van der Waals surface area contributed by atoms with Crippen molar-refractivity contribution in [1.29, 1.82) is 0 Å². The molecule has 1 aliphatic carbocycles. The van der Waals surface area contributed by atoms with Crippen molar-refractivity contribution in [2.45, 2.75) is 30.6 Å². The number of nitrogens with one attached hydrogen (secondary N) is 2. The summed E-state index contributed by atoms with van der Waals surface area (Å²) in [6.07, 6.45) is 3.36. The topological polar surface area (TPSA) is 111 Å². The first-order valence-corrected chi connectivity index (χ1v) is 9.52. The number of hydrogen-bond acceptors (Lipinski definition) is 5. The van der Waals surface area contributed by atoms with Crippen LogP contribution in [0.3, 0.4) is 0 Å². The molecular formula is C16H25N3O4S. The van der Waals surface area contributed by atoms with Crippen LogP contribution in [0, 0.1) is 5.41 Å². The third-order valence-electron chi connectivity index (χ3n) is 4.42. The van der Waals surface area contributed by atoms with E-state index in [1.54, 1.807) is 19.2 Å². The van der Waals surface area contributed by atoms with Gasteiger partial charge in [0, 0.05) is 32.5 Å². The summed E-state index contributed by atoms with van der Waals surface area (Å²) in [5.74, 6) is -0.0738. The summed E-state index contributed by atoms with van der Waals surface area (Å²) in [4.78, 5) is 12.7. The smallest absolute Gasteiger partial charge is 0.240 e. The molecule has 1 fully saturated rings. The highest BCUT2D eigenvalue weighted by Gasteiger charge is 2.43. The van der Waals surface area contributed by atoms with Gasteiger partial charge in [0.05, 0.1) is 10.3 Å². The van der Waals surface area contributed by atoms with Crippen LogP contribution in [0.2, 0.25) is 0 Å². The monoisotopic (exact) mass is 355 g/mol. The van der Waals surface area contributed by atoms with E-state index in [1.165, 1.54) is 12.1 Å². The van der Waals surface area contributed by atoms with Gasteiger partial charge in [-0.15, -0.1) is 0 Å². The van der Waals surface area contributed by atoms with Crippen LogP contribution in [-0.2, 0) is 19.6 Å². The van der Waals surface area contributed by atoms with Crippen LogP contribution in [-0.4, -0.2) is 41.1 Å². The standard InChI is InChI=1S/C16H25N3O4S/c1-23-11-8-16(6-3-7-16)15(20)19-13-4-2-5-14(12-13)24(21,22)18-10-9-17/h2,4-5,12,18H,3,6-11,17H2,1H3,(H,19,20). The molecule has 0 saturated heterocycles. The molecule has 24 heavy (non-hydrogen) atoms. The molecule has 0 heterocycles. The van der Waals surface area contributed by atoms with Crippen LogP contribution in [0.4, 0.5) is 5.69 Å². The van der Waals surface area contributed by atoms with Crippen molar-refractivity contribution in [2.24, 2.45) is 11.1 Å². The summed E-state index contributed by atoms with van der Waals surface area (Å²) in [5.41, 5.74) is 5.40. The third-order valence-corrected chi connectivity index (χ3v) is 5.87. The lowest BCUT2D eigenvalue weighted by molar-refractivity contribution is -0.131. The first kappa shape index (κ1) is 18.9. The van der Waals surface area contributed by atoms with E-state index in [-0.39, 0.29) is 23.9 Å². The number of anilines is 1. The molecule has 0 atom stereocenters. The maximum atomic E-state index is 12.6. The van der Waals surface area contributed by atoms with E-state index in [1.807, 2.05) is 0 Å². The summed E-state index contributed by atoms with van der Waals surface area (Å²) in [7, 11) is -2.01. The summed E-state index contributed by atoms with van der Waals surface area (Å²) in [6, 6.07) is 6.23. The Bertz CT molecular complexity index is 672. The van der Waals surface area contributed by atoms with E-state index in [0.717, 1.165) is 19.3 Å². The molecule has 0 aromatic heterocycles. The van der Waals surface area contributed by atoms with Gasteiger partial charge < -0.3 is 15.8 Å². The van der Waals surface area contributed by atoms with Crippen molar-refractivity contribution >= 4 is 21.6 Å². The van der Waals surface area contributed by atoms with Gasteiger partial charge in [-0.1, -0.05) is 12.5 Å². The number of rotatable bonds is 9. The van der Waals surface area contributed by atoms with Gasteiger partial charge in [0.1, 0.15) is 0 Å². The van der Waals surface area contributed by atoms with Crippen molar-refractivity contribution in [3.63, 3.8) is 0 Å². The van der Waals surface area contributed by atoms with Gasteiger partial charge >= 0.3 is 0 Å². The Kier molecular flexibility index (Phi) is 6.34. The average Bonchev–Trinajstić information content (AvgIpc) is 2.52. The van der Waals surface area contributed by atoms with Crippen LogP contribution >= 0.6 is 0 Å². The molecule has 0 unspecified atom stereocenters. The first-order chi connectivity index (χ1) is 11.4. The lowest BCUT2D eigenvalue weighted by Gasteiger charge is -2.40. The predicted molar refractivity (Wildman–Crippen MR) is 92.1 cm³/mol. The minimum atomic E-state index is -3.62. The Balaban J connectivity index is 2.10. The Morgan fingerprint density at radius 2 is 2.12 bits per heavy atom. The van der Waals surface area contributed by atoms with Crippen molar-refractivity contribution in [2.75, 3.05) is 32.1 Å². The average molecular weight is 355 g/mol. The fourth-order valence-corrected chi connectivity index (χ4v) is 3.87. The molecule has 0 aliphatic heterocycles. The van der Waals surface area contributed by atoms with Crippen molar-refractivity contribution < 1.29 is 17.9 Å². The fourth-order valence-electron chi connectivity index (χ4n) is 2.77. The zero-order valence-corrected chi connectivity index (χ0v) is 14.7. The molecule has 1 saturated carbocycles. The van der Waals surface area contributed by atoms with Gasteiger partial charge in [-0.2, -0.15) is 0 Å². The fraction of sp³-hybridized carbons (Fsp3) is 0.562. The van der Waals surface area contributed by atoms with Gasteiger partial charge in [0.15, 0.2) is 0 Å². The van der Waals surface area contributed by atoms with E-state index < -0.39 is 15.4 Å². The van der Waals surface area contributed by atoms with Crippen molar-refractivity contribution in [3.05, 3.63) is 24.3 Å². The van der Waals surface area contributed by atoms with Crippen LogP contribution in [0.25, 0.3) is 0 Å². The van der Waals surface area contributed by atoms with Crippen molar-refractivity contribution in [3.8, 4) is 0 Å². The molecule has 2 rings (SSSR count). The largest absolute Gasteiger partial charge is 0.385 e. The van der Waals surface area contributed by atoms with E-state index in [2.05, 4.69) is 10.0 Å². The number of ether oxygens (including phenoxy) is 1. The van der Waals surface area contributed by atoms with Crippen LogP contribution in [0.5, 0.6) is 0 Å². The number of carbonyl (C=O) groups excluding carboxylic acids is 1. The molecule has 1 aliphatic rings. The van der Waals surface area contributed by atoms with Crippen molar-refractivity contribution in [1.82, 2.24) is 4.72 Å². The second kappa shape index (κ2) is 8.06. The number of benzene rings is 1. The molecule has 0 spiro atoms. The summed E-state index contributed by atoms with van der Waals surface area (Å²) in [6.45, 7) is 0.918. The number of hydrogen-bond donors (Lipinski definition) is 3. The van der Waals surface area contributed by atoms with Crippen LogP contribution < -0.4 is 15.8 Å². The molecule has 1 aromatic rings. The maximum absolute atomic E-state index is 12.6. The Morgan fingerprint density at radius 1 is 1.38 bits per heavy atom. The second-order valence-corrected chi connectivity index (χ2v) is 7.81. The third kappa shape index (κ3) is 4.32. The summed E-state index contributed by atoms with van der Waals surface area (Å²) in [5, 5.41) is 2.85. The highest BCUT2D eigenvalue weighted by molar-refractivity contribution is 7.89. The SMILES string of the molecule is COCCC1(C(=O)Nc2cccc(S(=O)(=O)NCCN)c2)CCC1. The van der Waals surface area contributed by atoms with Gasteiger partial charge in [-0.05, 0) is 37.5 Å². The minimum absolute atomic E-state index is 0.0738. The molecule has 134 valence electrons. The lowest BCUT2D eigenvalue weighted by Crippen LogP contribution is -2.42. The number of methoxy groups -OCH3 is 1. The highest BCUT2D eigenvalue weighted by Crippen LogP contribution is 2.44. The number of nitrogens with two attached hydrogens (primary N) is 1. The van der Waals surface area contributed by atoms with E-state index >= 15 is 0 Å². The molecule has 0 radical (unpaired) electrons. The van der Waals surface area contributed by atoms with Gasteiger partial charge in [-0.25, -0.2) is 13.1 Å². The first-order valence-electron chi connectivity index (χ1n) is 8.04. The second-order valence-electron chi connectivity index (χ2n) is 6.05. The molecular weight excluding hydrogens is 330 g/mol. The highest BCUT2D eigenvalue weighted by atomic mass is 32.2. The Morgan fingerprint density at radius 3 is 2.71 bits per heavy atom. The lowest BCUT2D eigenvalue weighted by atomic mass is 9.66. The maximum Gasteiger partial charge on any atom is 0.240 e. The zero-order valence-electron chi connectivity index (χ0n) is 13.9. The Labute approximate surface area is 143 Å². The Hall–Kier alpha value is -1.48. The quantitative estimate of drug-likeness (QED) is 0.614. The number of carbonyl (C=O) groups is 1. The van der Waals surface area contributed by atoms with E-state index in [4.69, 9.17) is 10.5 Å². The zero-order chi connectivity index (χ0) is 17.6. The van der Waals surface area contributed by atoms with Gasteiger partial charge in [0.2, 0.25) is 15.9 Å². The van der Waals surface area contributed by atoms with Gasteiger partial charge in [0.25, 0.3) is 0 Å². The number of sulfonamides is 1. The molecule has 0 bridgehead atoms. The predicted octanol–water partition coefficient (Wildman–Crippen LogP) is 1.07. The normalized spacial score (nSPS) is 16.4.